The predicted octanol–water partition coefficient (Wildman–Crippen LogP) is 3.20. The van der Waals surface area contributed by atoms with E-state index in [0.717, 1.165) is 42.4 Å². The molecule has 0 spiro atoms. The Morgan fingerprint density at radius 1 is 1.16 bits per heavy atom. The van der Waals surface area contributed by atoms with Crippen LogP contribution in [0.1, 0.15) is 30.4 Å². The van der Waals surface area contributed by atoms with Crippen molar-refractivity contribution in [2.45, 2.75) is 25.7 Å². The van der Waals surface area contributed by atoms with Gasteiger partial charge in [0.15, 0.2) is 5.78 Å². The molecule has 0 bridgehead atoms. The SMILES string of the molecule is COc1ccc2c(c1)CCC1=C2CC/C(=C/O)C1=O. The summed E-state index contributed by atoms with van der Waals surface area (Å²) in [6, 6.07) is 6.04. The lowest BCUT2D eigenvalue weighted by molar-refractivity contribution is -0.112. The quantitative estimate of drug-likeness (QED) is 0.620. The van der Waals surface area contributed by atoms with Gasteiger partial charge in [0, 0.05) is 11.1 Å². The fourth-order valence-electron chi connectivity index (χ4n) is 3.00. The first kappa shape index (κ1) is 12.0. The fourth-order valence-corrected chi connectivity index (χ4v) is 3.00. The molecule has 0 saturated carbocycles. The van der Waals surface area contributed by atoms with Gasteiger partial charge in [-0.25, -0.2) is 0 Å². The second-order valence-electron chi connectivity index (χ2n) is 4.96. The van der Waals surface area contributed by atoms with E-state index in [1.807, 2.05) is 12.1 Å². The van der Waals surface area contributed by atoms with Crippen molar-refractivity contribution in [1.29, 1.82) is 0 Å². The van der Waals surface area contributed by atoms with Crippen LogP contribution in [0.5, 0.6) is 5.75 Å². The summed E-state index contributed by atoms with van der Waals surface area (Å²) in [6.07, 6.45) is 4.03. The summed E-state index contributed by atoms with van der Waals surface area (Å²) >= 11 is 0. The van der Waals surface area contributed by atoms with Crippen LogP contribution in [0.25, 0.3) is 5.57 Å². The number of methoxy groups -OCH3 is 1. The first-order chi connectivity index (χ1) is 9.24. The van der Waals surface area contributed by atoms with Crippen LogP contribution in [-0.4, -0.2) is 18.0 Å². The predicted molar refractivity (Wildman–Crippen MR) is 73.2 cm³/mol. The van der Waals surface area contributed by atoms with Crippen LogP contribution in [0.15, 0.2) is 35.6 Å². The second-order valence-corrected chi connectivity index (χ2v) is 4.96. The molecule has 2 aliphatic rings. The fraction of sp³-hybridized carbons (Fsp3) is 0.312. The molecule has 0 atom stereocenters. The van der Waals surface area contributed by atoms with Crippen LogP contribution in [0.3, 0.4) is 0 Å². The van der Waals surface area contributed by atoms with E-state index in [1.54, 1.807) is 7.11 Å². The van der Waals surface area contributed by atoms with Gasteiger partial charge in [-0.05, 0) is 54.5 Å². The van der Waals surface area contributed by atoms with Gasteiger partial charge in [-0.3, -0.25) is 4.79 Å². The zero-order valence-electron chi connectivity index (χ0n) is 10.9. The highest BCUT2D eigenvalue weighted by atomic mass is 16.5. The van der Waals surface area contributed by atoms with Crippen LogP contribution in [0.4, 0.5) is 0 Å². The Hall–Kier alpha value is -2.03. The Balaban J connectivity index is 2.09. The number of carbonyl (C=O) groups excluding carboxylic acids is 1. The molecule has 0 heterocycles. The van der Waals surface area contributed by atoms with Gasteiger partial charge in [-0.15, -0.1) is 0 Å². The maximum Gasteiger partial charge on any atom is 0.188 e. The van der Waals surface area contributed by atoms with Crippen molar-refractivity contribution < 1.29 is 14.6 Å². The molecule has 3 heteroatoms. The molecule has 0 aliphatic heterocycles. The van der Waals surface area contributed by atoms with Crippen molar-refractivity contribution in [3.8, 4) is 5.75 Å². The average Bonchev–Trinajstić information content (AvgIpc) is 2.46. The summed E-state index contributed by atoms with van der Waals surface area (Å²) in [5.74, 6) is 0.881. The van der Waals surface area contributed by atoms with Crippen molar-refractivity contribution in [2.24, 2.45) is 0 Å². The van der Waals surface area contributed by atoms with Crippen molar-refractivity contribution in [3.63, 3.8) is 0 Å². The molecule has 3 rings (SSSR count). The first-order valence-electron chi connectivity index (χ1n) is 6.52. The number of allylic oxidation sites excluding steroid dienone is 3. The van der Waals surface area contributed by atoms with E-state index in [-0.39, 0.29) is 5.78 Å². The number of ether oxygens (including phenoxy) is 1. The molecule has 0 radical (unpaired) electrons. The molecule has 19 heavy (non-hydrogen) atoms. The first-order valence-corrected chi connectivity index (χ1v) is 6.52. The van der Waals surface area contributed by atoms with E-state index < -0.39 is 0 Å². The number of hydrogen-bond donors (Lipinski definition) is 1. The Morgan fingerprint density at radius 3 is 2.68 bits per heavy atom. The Bertz CT molecular complexity index is 608. The zero-order valence-corrected chi connectivity index (χ0v) is 10.9. The van der Waals surface area contributed by atoms with Crippen molar-refractivity contribution in [2.75, 3.05) is 7.11 Å². The third-order valence-electron chi connectivity index (χ3n) is 4.01. The van der Waals surface area contributed by atoms with Gasteiger partial charge in [0.2, 0.25) is 0 Å². The summed E-state index contributed by atoms with van der Waals surface area (Å²) in [6.45, 7) is 0. The molecule has 0 fully saturated rings. The molecule has 1 aromatic carbocycles. The van der Waals surface area contributed by atoms with Gasteiger partial charge in [0.05, 0.1) is 13.4 Å². The minimum Gasteiger partial charge on any atom is -0.515 e. The molecular weight excluding hydrogens is 240 g/mol. The smallest absolute Gasteiger partial charge is 0.188 e. The average molecular weight is 256 g/mol. The zero-order chi connectivity index (χ0) is 13.4. The normalized spacial score (nSPS) is 20.3. The van der Waals surface area contributed by atoms with Crippen molar-refractivity contribution >= 4 is 11.4 Å². The summed E-state index contributed by atoms with van der Waals surface area (Å²) in [7, 11) is 1.66. The van der Waals surface area contributed by atoms with E-state index in [0.29, 0.717) is 12.0 Å². The summed E-state index contributed by atoms with van der Waals surface area (Å²) in [5.41, 5.74) is 4.99. The Labute approximate surface area is 112 Å². The molecule has 0 unspecified atom stereocenters. The van der Waals surface area contributed by atoms with Crippen LogP contribution in [0, 0.1) is 0 Å². The molecule has 98 valence electrons. The molecule has 2 aliphatic carbocycles. The lowest BCUT2D eigenvalue weighted by Crippen LogP contribution is -2.19. The second kappa shape index (κ2) is 4.57. The molecule has 0 amide bonds. The number of aryl methyl sites for hydroxylation is 1. The maximum atomic E-state index is 12.2. The molecule has 1 N–H and O–H groups in total. The van der Waals surface area contributed by atoms with Crippen LogP contribution in [0.2, 0.25) is 0 Å². The van der Waals surface area contributed by atoms with Gasteiger partial charge in [-0.2, -0.15) is 0 Å². The monoisotopic (exact) mass is 256 g/mol. The summed E-state index contributed by atoms with van der Waals surface area (Å²) < 4.78 is 5.25. The van der Waals surface area contributed by atoms with Crippen LogP contribution >= 0.6 is 0 Å². The Kier molecular flexibility index (Phi) is 2.90. The third-order valence-corrected chi connectivity index (χ3v) is 4.01. The number of Topliss-reactive ketones (excluding diaryl/α,β-unsaturated/α-hetero) is 1. The minimum absolute atomic E-state index is 0.0187. The standard InChI is InChI=1S/C16H16O3/c1-19-12-4-7-13-10(8-12)2-6-15-14(13)5-3-11(9-17)16(15)18/h4,7-9,17H,2-3,5-6H2,1H3/b11-9-. The minimum atomic E-state index is 0.0187. The number of hydrogen-bond acceptors (Lipinski definition) is 3. The highest BCUT2D eigenvalue weighted by Crippen LogP contribution is 2.40. The number of benzene rings is 1. The number of aliphatic hydroxyl groups excluding tert-OH is 1. The van der Waals surface area contributed by atoms with E-state index in [1.165, 1.54) is 11.1 Å². The molecule has 0 aromatic heterocycles. The number of ketones is 1. The van der Waals surface area contributed by atoms with E-state index in [4.69, 9.17) is 9.84 Å². The van der Waals surface area contributed by atoms with E-state index in [9.17, 15) is 4.79 Å². The lowest BCUT2D eigenvalue weighted by atomic mass is 9.76. The van der Waals surface area contributed by atoms with E-state index in [2.05, 4.69) is 6.07 Å². The van der Waals surface area contributed by atoms with Crippen LogP contribution in [-0.2, 0) is 11.2 Å². The highest BCUT2D eigenvalue weighted by Gasteiger charge is 2.29. The van der Waals surface area contributed by atoms with Crippen molar-refractivity contribution in [3.05, 3.63) is 46.7 Å². The van der Waals surface area contributed by atoms with Gasteiger partial charge >= 0.3 is 0 Å². The van der Waals surface area contributed by atoms with Gasteiger partial charge < -0.3 is 9.84 Å². The number of carbonyl (C=O) groups is 1. The lowest BCUT2D eigenvalue weighted by Gasteiger charge is -2.27. The van der Waals surface area contributed by atoms with Gasteiger partial charge in [-0.1, -0.05) is 6.07 Å². The van der Waals surface area contributed by atoms with Crippen LogP contribution < -0.4 is 4.74 Å². The number of aliphatic hydroxyl groups is 1. The maximum absolute atomic E-state index is 12.2. The van der Waals surface area contributed by atoms with Gasteiger partial charge in [0.25, 0.3) is 0 Å². The summed E-state index contributed by atoms with van der Waals surface area (Å²) in [5, 5.41) is 9.09. The topological polar surface area (TPSA) is 46.5 Å². The molecule has 1 aromatic rings. The molecular formula is C16H16O3. The number of rotatable bonds is 1. The number of fused-ring (bicyclic) bond motifs is 2. The largest absolute Gasteiger partial charge is 0.515 e. The highest BCUT2D eigenvalue weighted by molar-refractivity contribution is 6.14. The third kappa shape index (κ3) is 1.86. The van der Waals surface area contributed by atoms with E-state index >= 15 is 0 Å². The molecule has 3 nitrogen and oxygen atoms in total. The van der Waals surface area contributed by atoms with Crippen molar-refractivity contribution in [1.82, 2.24) is 0 Å². The Morgan fingerprint density at radius 2 is 1.95 bits per heavy atom. The summed E-state index contributed by atoms with van der Waals surface area (Å²) in [4.78, 5) is 12.2. The molecule has 0 saturated heterocycles. The van der Waals surface area contributed by atoms with Gasteiger partial charge in [0.1, 0.15) is 5.75 Å².